The molecule has 2 aliphatic heterocycles. The number of benzene rings is 2. The largest absolute Gasteiger partial charge is 0.494 e. The second-order valence-corrected chi connectivity index (χ2v) is 13.7. The van der Waals surface area contributed by atoms with Crippen molar-refractivity contribution in [1.82, 2.24) is 14.6 Å². The number of hydrogen-bond acceptors (Lipinski definition) is 7. The van der Waals surface area contributed by atoms with E-state index in [0.717, 1.165) is 16.6 Å². The van der Waals surface area contributed by atoms with Crippen molar-refractivity contribution < 1.29 is 17.7 Å². The van der Waals surface area contributed by atoms with Gasteiger partial charge in [-0.05, 0) is 76.7 Å². The van der Waals surface area contributed by atoms with Gasteiger partial charge in [-0.1, -0.05) is 32.0 Å². The Labute approximate surface area is 235 Å². The number of fused-ring (bicyclic) bond motifs is 2. The van der Waals surface area contributed by atoms with Gasteiger partial charge >= 0.3 is 12.8 Å². The Morgan fingerprint density at radius 3 is 2.38 bits per heavy atom. The molecule has 2 aliphatic rings. The lowest BCUT2D eigenvalue weighted by atomic mass is 9.79. The lowest BCUT2D eigenvalue weighted by Gasteiger charge is -2.32. The quantitative estimate of drug-likeness (QED) is 0.277. The summed E-state index contributed by atoms with van der Waals surface area (Å²) >= 11 is 0. The number of hydrogen-bond donors (Lipinski definition) is 1. The van der Waals surface area contributed by atoms with Crippen molar-refractivity contribution in [2.24, 2.45) is 15.4 Å². The third-order valence-electron chi connectivity index (χ3n) is 7.64. The summed E-state index contributed by atoms with van der Waals surface area (Å²) in [4.78, 5) is 15.4. The molecule has 3 aromatic rings. The average molecular weight is 566 g/mol. The van der Waals surface area contributed by atoms with Gasteiger partial charge in [0.1, 0.15) is 4.90 Å². The van der Waals surface area contributed by atoms with Gasteiger partial charge in [0.25, 0.3) is 10.0 Å². The van der Waals surface area contributed by atoms with Gasteiger partial charge in [-0.3, -0.25) is 4.57 Å². The molecule has 1 fully saturated rings. The van der Waals surface area contributed by atoms with E-state index in [2.05, 4.69) is 14.5 Å². The summed E-state index contributed by atoms with van der Waals surface area (Å²) in [6, 6.07) is 10.7. The maximum Gasteiger partial charge on any atom is 0.494 e. The highest BCUT2D eigenvalue weighted by molar-refractivity contribution is 7.90. The second-order valence-electron chi connectivity index (χ2n) is 12.1. The van der Waals surface area contributed by atoms with Crippen LogP contribution in [0.4, 0.5) is 0 Å². The normalized spacial score (nSPS) is 19.2. The smallest absolute Gasteiger partial charge is 0.399 e. The molecule has 0 amide bonds. The van der Waals surface area contributed by atoms with Crippen molar-refractivity contribution in [3.8, 4) is 0 Å². The molecule has 0 unspecified atom stereocenters. The van der Waals surface area contributed by atoms with Crippen molar-refractivity contribution in [3.63, 3.8) is 0 Å². The molecule has 0 saturated carbocycles. The van der Waals surface area contributed by atoms with E-state index in [-0.39, 0.29) is 28.4 Å². The minimum atomic E-state index is -3.95. The van der Waals surface area contributed by atoms with Crippen LogP contribution in [0.5, 0.6) is 0 Å². The van der Waals surface area contributed by atoms with E-state index in [1.54, 1.807) is 27.9 Å². The van der Waals surface area contributed by atoms with E-state index in [4.69, 9.17) is 9.31 Å². The van der Waals surface area contributed by atoms with Crippen LogP contribution < -0.4 is 11.2 Å². The van der Waals surface area contributed by atoms with Crippen molar-refractivity contribution in [3.05, 3.63) is 58.0 Å². The summed E-state index contributed by atoms with van der Waals surface area (Å²) < 4.78 is 44.5. The fourth-order valence-corrected chi connectivity index (χ4v) is 6.10. The molecule has 0 spiro atoms. The van der Waals surface area contributed by atoms with Gasteiger partial charge in [-0.25, -0.2) is 9.80 Å². The van der Waals surface area contributed by atoms with Crippen LogP contribution in [-0.2, 0) is 19.3 Å². The minimum Gasteiger partial charge on any atom is -0.399 e. The molecule has 12 heteroatoms. The van der Waals surface area contributed by atoms with Gasteiger partial charge in [0.15, 0.2) is 5.84 Å². The Balaban J connectivity index is 1.49. The highest BCUT2D eigenvalue weighted by Gasteiger charge is 2.52. The first-order chi connectivity index (χ1) is 18.6. The van der Waals surface area contributed by atoms with E-state index < -0.39 is 28.3 Å². The summed E-state index contributed by atoms with van der Waals surface area (Å²) in [5.74, 6) is 0.441. The molecule has 0 bridgehead atoms. The summed E-state index contributed by atoms with van der Waals surface area (Å²) in [6.07, 6.45) is 1.66. The molecule has 1 saturated heterocycles. The Bertz CT molecular complexity index is 1690. The molecular weight excluding hydrogens is 529 g/mol. The molecule has 40 heavy (non-hydrogen) atoms. The number of nitrogens with zero attached hydrogens (tertiary/aromatic N) is 4. The molecule has 212 valence electrons. The lowest BCUT2D eigenvalue weighted by Crippen LogP contribution is -2.41. The van der Waals surface area contributed by atoms with Crippen LogP contribution in [0.2, 0.25) is 0 Å². The number of hydrazone groups is 1. The van der Waals surface area contributed by atoms with Gasteiger partial charge in [0, 0.05) is 18.2 Å². The molecule has 0 radical (unpaired) electrons. The topological polar surface area (TPSA) is 118 Å². The SMILES string of the molecule is CC(C)CN(/N=C/c1ccc2[nH]c(=O)n(C(C)C)c2c1)C1=NS(=O)(=O)c2cc(B3OC(C)(C)C(C)(C)O3)ccc21. The third-order valence-corrected chi connectivity index (χ3v) is 8.95. The predicted octanol–water partition coefficient (Wildman–Crippen LogP) is 3.65. The van der Waals surface area contributed by atoms with Crippen molar-refractivity contribution >= 4 is 45.7 Å². The van der Waals surface area contributed by atoms with Crippen LogP contribution in [0.25, 0.3) is 11.0 Å². The molecule has 10 nitrogen and oxygen atoms in total. The average Bonchev–Trinajstić information content (AvgIpc) is 3.40. The number of imidazole rings is 1. The fraction of sp³-hybridized carbons (Fsp3) is 0.464. The number of aromatic amines is 1. The zero-order valence-corrected chi connectivity index (χ0v) is 25.0. The van der Waals surface area contributed by atoms with Gasteiger partial charge in [-0.2, -0.15) is 13.5 Å². The molecule has 1 N–H and O–H groups in total. The minimum absolute atomic E-state index is 0.0116. The number of aromatic nitrogens is 2. The van der Waals surface area contributed by atoms with Crippen LogP contribution in [0.15, 0.2) is 55.6 Å². The second kappa shape index (κ2) is 9.71. The van der Waals surface area contributed by atoms with E-state index in [0.29, 0.717) is 17.6 Å². The highest BCUT2D eigenvalue weighted by Crippen LogP contribution is 2.37. The maximum absolute atomic E-state index is 13.2. The molecule has 3 heterocycles. The molecule has 1 aromatic heterocycles. The zero-order chi connectivity index (χ0) is 29.2. The van der Waals surface area contributed by atoms with E-state index >= 15 is 0 Å². The summed E-state index contributed by atoms with van der Waals surface area (Å²) in [5, 5.41) is 6.30. The van der Waals surface area contributed by atoms with Crippen LogP contribution in [0.1, 0.15) is 72.6 Å². The van der Waals surface area contributed by atoms with Gasteiger partial charge in [0.05, 0.1) is 28.5 Å². The predicted molar refractivity (Wildman–Crippen MR) is 158 cm³/mol. The maximum atomic E-state index is 13.2. The van der Waals surface area contributed by atoms with Gasteiger partial charge < -0.3 is 14.3 Å². The van der Waals surface area contributed by atoms with Crippen LogP contribution in [0, 0.1) is 5.92 Å². The Morgan fingerprint density at radius 1 is 1.07 bits per heavy atom. The molecule has 5 rings (SSSR count). The molecular formula is C28H36BN5O5S. The van der Waals surface area contributed by atoms with Gasteiger partial charge in [0.2, 0.25) is 0 Å². The zero-order valence-electron chi connectivity index (χ0n) is 24.2. The number of nitrogens with one attached hydrogen (secondary N) is 1. The lowest BCUT2D eigenvalue weighted by molar-refractivity contribution is 0.00578. The summed E-state index contributed by atoms with van der Waals surface area (Å²) in [7, 11) is -4.64. The number of amidine groups is 1. The fourth-order valence-electron chi connectivity index (χ4n) is 4.86. The van der Waals surface area contributed by atoms with Crippen molar-refractivity contribution in [2.45, 2.75) is 77.5 Å². The van der Waals surface area contributed by atoms with Crippen molar-refractivity contribution in [1.29, 1.82) is 0 Å². The molecule has 2 aromatic carbocycles. The monoisotopic (exact) mass is 565 g/mol. The van der Waals surface area contributed by atoms with Crippen LogP contribution in [-0.4, -0.2) is 59.9 Å². The Morgan fingerprint density at radius 2 is 1.75 bits per heavy atom. The Kier molecular flexibility index (Phi) is 6.87. The first-order valence-corrected chi connectivity index (χ1v) is 14.9. The Hall–Kier alpha value is -3.22. The number of sulfonamides is 1. The number of rotatable bonds is 6. The highest BCUT2D eigenvalue weighted by atomic mass is 32.2. The standard InChI is InChI=1S/C28H36BN5O5S/c1-17(2)16-33(30-15-19-9-12-22-23(13-19)34(18(3)4)26(35)31-22)25-21-11-10-20(14-24(21)40(36,37)32-25)29-38-27(5,6)28(7,8)39-29/h9-15,17-18H,16H2,1-8H3,(H,31,35)/b30-15+. The number of H-pyrrole nitrogens is 1. The van der Waals surface area contributed by atoms with E-state index in [1.165, 1.54) is 0 Å². The summed E-state index contributed by atoms with van der Waals surface area (Å²) in [5.41, 5.74) is 2.13. The third kappa shape index (κ3) is 4.93. The van der Waals surface area contributed by atoms with E-state index in [1.807, 2.05) is 79.7 Å². The molecule has 0 atom stereocenters. The summed E-state index contributed by atoms with van der Waals surface area (Å²) in [6.45, 7) is 16.2. The van der Waals surface area contributed by atoms with Gasteiger partial charge in [-0.15, -0.1) is 4.40 Å². The van der Waals surface area contributed by atoms with Crippen LogP contribution in [0.3, 0.4) is 0 Å². The first-order valence-electron chi connectivity index (χ1n) is 13.5. The molecule has 0 aliphatic carbocycles. The van der Waals surface area contributed by atoms with E-state index in [9.17, 15) is 13.2 Å². The first kappa shape index (κ1) is 28.3. The van der Waals surface area contributed by atoms with Crippen LogP contribution >= 0.6 is 0 Å². The van der Waals surface area contributed by atoms with Crippen molar-refractivity contribution in [2.75, 3.05) is 6.54 Å².